The first-order valence-electron chi connectivity index (χ1n) is 5.83. The van der Waals surface area contributed by atoms with E-state index in [1.54, 1.807) is 0 Å². The SMILES string of the molecule is N#CC1(NC(=O)c2cc(Br)ccc2F)CCOCC1. The van der Waals surface area contributed by atoms with Gasteiger partial charge in [0, 0.05) is 30.5 Å². The summed E-state index contributed by atoms with van der Waals surface area (Å²) in [6.45, 7) is 0.823. The summed E-state index contributed by atoms with van der Waals surface area (Å²) in [4.78, 5) is 12.1. The second kappa shape index (κ2) is 5.68. The predicted molar refractivity (Wildman–Crippen MR) is 70.0 cm³/mol. The van der Waals surface area contributed by atoms with E-state index in [0.717, 1.165) is 0 Å². The van der Waals surface area contributed by atoms with Crippen LogP contribution in [-0.2, 0) is 4.74 Å². The number of nitrogens with zero attached hydrogens (tertiary/aromatic N) is 1. The lowest BCUT2D eigenvalue weighted by Crippen LogP contribution is -2.51. The normalized spacial score (nSPS) is 17.5. The molecule has 1 N–H and O–H groups in total. The number of hydrogen-bond acceptors (Lipinski definition) is 3. The number of benzene rings is 1. The largest absolute Gasteiger partial charge is 0.381 e. The van der Waals surface area contributed by atoms with Gasteiger partial charge in [-0.2, -0.15) is 5.26 Å². The van der Waals surface area contributed by atoms with Gasteiger partial charge in [0.05, 0.1) is 11.6 Å². The van der Waals surface area contributed by atoms with Gasteiger partial charge in [-0.15, -0.1) is 0 Å². The van der Waals surface area contributed by atoms with E-state index in [1.165, 1.54) is 18.2 Å². The average molecular weight is 327 g/mol. The molecule has 19 heavy (non-hydrogen) atoms. The zero-order chi connectivity index (χ0) is 13.9. The van der Waals surface area contributed by atoms with Crippen molar-refractivity contribution < 1.29 is 13.9 Å². The van der Waals surface area contributed by atoms with Gasteiger partial charge in [0.15, 0.2) is 0 Å². The highest BCUT2D eigenvalue weighted by atomic mass is 79.9. The predicted octanol–water partition coefficient (Wildman–Crippen LogP) is 2.39. The zero-order valence-corrected chi connectivity index (χ0v) is 11.7. The Kier molecular flexibility index (Phi) is 4.17. The molecule has 100 valence electrons. The van der Waals surface area contributed by atoms with Crippen molar-refractivity contribution >= 4 is 21.8 Å². The molecule has 1 aromatic carbocycles. The molecule has 0 bridgehead atoms. The molecule has 6 heteroatoms. The quantitative estimate of drug-likeness (QED) is 0.907. The van der Waals surface area contributed by atoms with Crippen LogP contribution in [0.15, 0.2) is 22.7 Å². The van der Waals surface area contributed by atoms with Crippen LogP contribution in [0.5, 0.6) is 0 Å². The number of amides is 1. The fraction of sp³-hybridized carbons (Fsp3) is 0.385. The molecule has 0 aliphatic carbocycles. The fourth-order valence-electron chi connectivity index (χ4n) is 1.94. The van der Waals surface area contributed by atoms with Gasteiger partial charge >= 0.3 is 0 Å². The summed E-state index contributed by atoms with van der Waals surface area (Å²) in [6.07, 6.45) is 0.815. The van der Waals surface area contributed by atoms with E-state index in [1.807, 2.05) is 0 Å². The molecule has 0 unspecified atom stereocenters. The van der Waals surface area contributed by atoms with Crippen molar-refractivity contribution in [2.45, 2.75) is 18.4 Å². The molecule has 0 spiro atoms. The highest BCUT2D eigenvalue weighted by molar-refractivity contribution is 9.10. The molecule has 1 saturated heterocycles. The Bertz CT molecular complexity index is 536. The zero-order valence-electron chi connectivity index (χ0n) is 10.1. The lowest BCUT2D eigenvalue weighted by molar-refractivity contribution is 0.0530. The van der Waals surface area contributed by atoms with Gasteiger partial charge in [-0.3, -0.25) is 4.79 Å². The lowest BCUT2D eigenvalue weighted by Gasteiger charge is -2.31. The Hall–Kier alpha value is -1.45. The van der Waals surface area contributed by atoms with Crippen LogP contribution < -0.4 is 5.32 Å². The number of carbonyl (C=O) groups excluding carboxylic acids is 1. The maximum absolute atomic E-state index is 13.6. The minimum Gasteiger partial charge on any atom is -0.381 e. The van der Waals surface area contributed by atoms with Crippen molar-refractivity contribution in [1.82, 2.24) is 5.32 Å². The number of ether oxygens (including phenoxy) is 1. The van der Waals surface area contributed by atoms with E-state index in [0.29, 0.717) is 30.5 Å². The number of hydrogen-bond donors (Lipinski definition) is 1. The first kappa shape index (κ1) is 14.0. The van der Waals surface area contributed by atoms with Gasteiger partial charge in [-0.05, 0) is 18.2 Å². The monoisotopic (exact) mass is 326 g/mol. The van der Waals surface area contributed by atoms with Crippen molar-refractivity contribution in [2.24, 2.45) is 0 Å². The molecule has 1 heterocycles. The van der Waals surface area contributed by atoms with E-state index < -0.39 is 17.3 Å². The Morgan fingerprint density at radius 2 is 2.16 bits per heavy atom. The fourth-order valence-corrected chi connectivity index (χ4v) is 2.30. The molecular formula is C13H12BrFN2O2. The second-order valence-electron chi connectivity index (χ2n) is 4.38. The molecular weight excluding hydrogens is 315 g/mol. The highest BCUT2D eigenvalue weighted by Crippen LogP contribution is 2.22. The molecule has 2 rings (SSSR count). The third kappa shape index (κ3) is 3.11. The van der Waals surface area contributed by atoms with Crippen molar-refractivity contribution in [1.29, 1.82) is 5.26 Å². The number of rotatable bonds is 2. The van der Waals surface area contributed by atoms with Crippen LogP contribution in [0.25, 0.3) is 0 Å². The smallest absolute Gasteiger partial charge is 0.255 e. The topological polar surface area (TPSA) is 62.1 Å². The van der Waals surface area contributed by atoms with E-state index in [9.17, 15) is 14.4 Å². The van der Waals surface area contributed by atoms with Gasteiger partial charge in [-0.1, -0.05) is 15.9 Å². The minimum atomic E-state index is -0.968. The summed E-state index contributed by atoms with van der Waals surface area (Å²) >= 11 is 3.19. The van der Waals surface area contributed by atoms with Gasteiger partial charge < -0.3 is 10.1 Å². The summed E-state index contributed by atoms with van der Waals surface area (Å²) in [7, 11) is 0. The number of halogens is 2. The van der Waals surface area contributed by atoms with Crippen molar-refractivity contribution in [2.75, 3.05) is 13.2 Å². The Balaban J connectivity index is 2.20. The van der Waals surface area contributed by atoms with E-state index in [-0.39, 0.29) is 5.56 Å². The average Bonchev–Trinajstić information content (AvgIpc) is 2.42. The van der Waals surface area contributed by atoms with E-state index in [4.69, 9.17) is 4.74 Å². The lowest BCUT2D eigenvalue weighted by atomic mass is 9.91. The van der Waals surface area contributed by atoms with Crippen LogP contribution in [0.2, 0.25) is 0 Å². The Labute approximate surface area is 118 Å². The van der Waals surface area contributed by atoms with Crippen LogP contribution in [-0.4, -0.2) is 24.7 Å². The van der Waals surface area contributed by atoms with Crippen LogP contribution in [0.3, 0.4) is 0 Å². The van der Waals surface area contributed by atoms with Crippen molar-refractivity contribution in [3.8, 4) is 6.07 Å². The third-order valence-electron chi connectivity index (χ3n) is 3.09. The van der Waals surface area contributed by atoms with Crippen LogP contribution in [0.4, 0.5) is 4.39 Å². The second-order valence-corrected chi connectivity index (χ2v) is 5.30. The molecule has 0 saturated carbocycles. The first-order valence-corrected chi connectivity index (χ1v) is 6.62. The molecule has 1 aliphatic rings. The van der Waals surface area contributed by atoms with E-state index >= 15 is 0 Å². The number of carbonyl (C=O) groups is 1. The van der Waals surface area contributed by atoms with Crippen molar-refractivity contribution in [3.05, 3.63) is 34.1 Å². The highest BCUT2D eigenvalue weighted by Gasteiger charge is 2.35. The summed E-state index contributed by atoms with van der Waals surface area (Å²) in [5.41, 5.74) is -1.04. The van der Waals surface area contributed by atoms with Crippen LogP contribution in [0, 0.1) is 17.1 Å². The van der Waals surface area contributed by atoms with Gasteiger partial charge in [-0.25, -0.2) is 4.39 Å². The standard InChI is InChI=1S/C13H12BrFN2O2/c14-9-1-2-11(15)10(7-9)12(18)17-13(8-16)3-5-19-6-4-13/h1-2,7H,3-6H2,(H,17,18). The maximum atomic E-state index is 13.6. The summed E-state index contributed by atoms with van der Waals surface area (Å²) in [5, 5.41) is 11.9. The summed E-state index contributed by atoms with van der Waals surface area (Å²) in [5.74, 6) is -1.19. The van der Waals surface area contributed by atoms with Gasteiger partial charge in [0.1, 0.15) is 11.4 Å². The number of nitrogens with one attached hydrogen (secondary N) is 1. The molecule has 1 fully saturated rings. The third-order valence-corrected chi connectivity index (χ3v) is 3.58. The van der Waals surface area contributed by atoms with Gasteiger partial charge in [0.2, 0.25) is 0 Å². The van der Waals surface area contributed by atoms with Crippen molar-refractivity contribution in [3.63, 3.8) is 0 Å². The summed E-state index contributed by atoms with van der Waals surface area (Å²) < 4.78 is 19.4. The van der Waals surface area contributed by atoms with Crippen LogP contribution in [0.1, 0.15) is 23.2 Å². The number of nitriles is 1. The molecule has 1 amide bonds. The van der Waals surface area contributed by atoms with Crippen LogP contribution >= 0.6 is 15.9 Å². The summed E-state index contributed by atoms with van der Waals surface area (Å²) in [6, 6.07) is 6.23. The molecule has 1 aromatic rings. The minimum absolute atomic E-state index is 0.0736. The van der Waals surface area contributed by atoms with Gasteiger partial charge in [0.25, 0.3) is 5.91 Å². The first-order chi connectivity index (χ1) is 9.06. The molecule has 0 aromatic heterocycles. The van der Waals surface area contributed by atoms with E-state index in [2.05, 4.69) is 27.3 Å². The Morgan fingerprint density at radius 3 is 2.79 bits per heavy atom. The molecule has 0 radical (unpaired) electrons. The Morgan fingerprint density at radius 1 is 1.47 bits per heavy atom. The molecule has 4 nitrogen and oxygen atoms in total. The molecule has 1 aliphatic heterocycles. The maximum Gasteiger partial charge on any atom is 0.255 e. The molecule has 0 atom stereocenters.